The molecule has 1 aromatic heterocycles. The summed E-state index contributed by atoms with van der Waals surface area (Å²) in [5.74, 6) is 0. The van der Waals surface area contributed by atoms with Crippen molar-refractivity contribution in [3.8, 4) is 0 Å². The molecule has 1 rings (SSSR count). The molecule has 0 radical (unpaired) electrons. The van der Waals surface area contributed by atoms with Crippen LogP contribution in [0.25, 0.3) is 0 Å². The van der Waals surface area contributed by atoms with Gasteiger partial charge in [0.2, 0.25) is 5.44 Å². The molecule has 0 saturated carbocycles. The van der Waals surface area contributed by atoms with Crippen LogP contribution < -0.4 is 0 Å². The summed E-state index contributed by atoms with van der Waals surface area (Å²) in [5.41, 5.74) is -1.69. The van der Waals surface area contributed by atoms with Crippen molar-refractivity contribution in [1.82, 2.24) is 0 Å². The molecule has 4 nitrogen and oxygen atoms in total. The van der Waals surface area contributed by atoms with Gasteiger partial charge >= 0.3 is 0 Å². The van der Waals surface area contributed by atoms with Gasteiger partial charge in [-0.05, 0) is 27.4 Å². The molecule has 0 bridgehead atoms. The zero-order valence-corrected chi connectivity index (χ0v) is 8.86. The van der Waals surface area contributed by atoms with Gasteiger partial charge < -0.3 is 5.11 Å². The van der Waals surface area contributed by atoms with E-state index in [2.05, 4.69) is 15.9 Å². The highest BCUT2D eigenvalue weighted by molar-refractivity contribution is 9.11. The lowest BCUT2D eigenvalue weighted by atomic mass is 10.4. The number of rotatable bonds is 2. The summed E-state index contributed by atoms with van der Waals surface area (Å²) < 4.78 is 30.0. The molecule has 0 saturated heterocycles. The van der Waals surface area contributed by atoms with Gasteiger partial charge in [-0.15, -0.1) is 11.3 Å². The minimum absolute atomic E-state index is 0.161. The first-order valence-corrected chi connectivity index (χ1v) is 5.97. The average molecular weight is 273 g/mol. The molecule has 0 aliphatic heterocycles. The van der Waals surface area contributed by atoms with Crippen LogP contribution in [0.3, 0.4) is 0 Å². The van der Waals surface area contributed by atoms with Crippen LogP contribution in [0.4, 0.5) is 0 Å². The molecule has 1 atom stereocenters. The first-order valence-electron chi connectivity index (χ1n) is 2.79. The highest BCUT2D eigenvalue weighted by Gasteiger charge is 2.22. The summed E-state index contributed by atoms with van der Waals surface area (Å²) in [6, 6.07) is 1.43. The molecule has 1 heterocycles. The maximum Gasteiger partial charge on any atom is 0.296 e. The lowest BCUT2D eigenvalue weighted by molar-refractivity contribution is 0.239. The van der Waals surface area contributed by atoms with Crippen LogP contribution in [0.5, 0.6) is 0 Å². The fraction of sp³-hybridized carbons (Fsp3) is 0.200. The van der Waals surface area contributed by atoms with E-state index in [1.165, 1.54) is 22.8 Å². The SMILES string of the molecule is O=S(=O)(O)C(O)c1csc(Br)c1. The Labute approximate surface area is 81.7 Å². The van der Waals surface area contributed by atoms with Gasteiger partial charge in [0, 0.05) is 5.56 Å². The van der Waals surface area contributed by atoms with Crippen LogP contribution in [-0.2, 0) is 10.1 Å². The molecule has 1 aromatic rings. The molecule has 0 aliphatic carbocycles. The Morgan fingerprint density at radius 2 is 2.17 bits per heavy atom. The van der Waals surface area contributed by atoms with E-state index in [9.17, 15) is 8.42 Å². The second-order valence-corrected chi connectivity index (χ2v) is 5.82. The second kappa shape index (κ2) is 3.43. The maximum atomic E-state index is 10.4. The van der Waals surface area contributed by atoms with Gasteiger partial charge in [0.15, 0.2) is 0 Å². The van der Waals surface area contributed by atoms with Gasteiger partial charge in [0.1, 0.15) is 0 Å². The number of thiophene rings is 1. The van der Waals surface area contributed by atoms with Gasteiger partial charge in [-0.25, -0.2) is 0 Å². The molecule has 68 valence electrons. The van der Waals surface area contributed by atoms with Crippen molar-refractivity contribution in [2.75, 3.05) is 0 Å². The number of aliphatic hydroxyl groups excluding tert-OH is 1. The second-order valence-electron chi connectivity index (χ2n) is 2.05. The predicted molar refractivity (Wildman–Crippen MR) is 48.5 cm³/mol. The van der Waals surface area contributed by atoms with Gasteiger partial charge in [-0.1, -0.05) is 0 Å². The zero-order valence-electron chi connectivity index (χ0n) is 5.64. The van der Waals surface area contributed by atoms with E-state index in [4.69, 9.17) is 9.66 Å². The van der Waals surface area contributed by atoms with Gasteiger partial charge in [0.25, 0.3) is 10.1 Å². The highest BCUT2D eigenvalue weighted by Crippen LogP contribution is 2.27. The monoisotopic (exact) mass is 272 g/mol. The summed E-state index contributed by atoms with van der Waals surface area (Å²) in [6.45, 7) is 0. The summed E-state index contributed by atoms with van der Waals surface area (Å²) in [4.78, 5) is 0. The van der Waals surface area contributed by atoms with E-state index in [0.29, 0.717) is 3.79 Å². The van der Waals surface area contributed by atoms with Crippen molar-refractivity contribution in [2.45, 2.75) is 5.44 Å². The minimum Gasteiger partial charge on any atom is -0.371 e. The van der Waals surface area contributed by atoms with Crippen molar-refractivity contribution in [3.05, 3.63) is 20.8 Å². The Hall–Kier alpha value is 0.0500. The topological polar surface area (TPSA) is 74.6 Å². The molecule has 0 aliphatic rings. The molecular weight excluding hydrogens is 268 g/mol. The van der Waals surface area contributed by atoms with Crippen LogP contribution in [0.15, 0.2) is 15.2 Å². The fourth-order valence-corrected chi connectivity index (χ4v) is 2.39. The van der Waals surface area contributed by atoms with E-state index >= 15 is 0 Å². The summed E-state index contributed by atoms with van der Waals surface area (Å²) in [7, 11) is -4.40. The molecule has 1 unspecified atom stereocenters. The molecule has 12 heavy (non-hydrogen) atoms. The number of halogens is 1. The third-order valence-electron chi connectivity index (χ3n) is 1.16. The van der Waals surface area contributed by atoms with E-state index in [1.807, 2.05) is 0 Å². The maximum absolute atomic E-state index is 10.4. The summed E-state index contributed by atoms with van der Waals surface area (Å²) >= 11 is 4.33. The van der Waals surface area contributed by atoms with Gasteiger partial charge in [-0.3, -0.25) is 4.55 Å². The van der Waals surface area contributed by atoms with Crippen LogP contribution in [0, 0.1) is 0 Å². The molecule has 2 N–H and O–H groups in total. The van der Waals surface area contributed by atoms with Crippen LogP contribution in [0.1, 0.15) is 11.0 Å². The zero-order chi connectivity index (χ0) is 9.35. The van der Waals surface area contributed by atoms with E-state index in [0.717, 1.165) is 0 Å². The van der Waals surface area contributed by atoms with Crippen molar-refractivity contribution in [2.24, 2.45) is 0 Å². The third kappa shape index (κ3) is 2.27. The first kappa shape index (κ1) is 10.1. The van der Waals surface area contributed by atoms with Crippen molar-refractivity contribution < 1.29 is 18.1 Å². The van der Waals surface area contributed by atoms with Crippen LogP contribution in [-0.4, -0.2) is 18.1 Å². The standard InChI is InChI=1S/C5H5BrO4S2/c6-4-1-3(2-11-4)5(7)12(8,9)10/h1-2,5,7H,(H,8,9,10). The predicted octanol–water partition coefficient (Wildman–Crippen LogP) is 1.39. The van der Waals surface area contributed by atoms with Crippen LogP contribution in [0.2, 0.25) is 0 Å². The summed E-state index contributed by atoms with van der Waals surface area (Å²) in [6.07, 6.45) is 0. The van der Waals surface area contributed by atoms with Crippen LogP contribution >= 0.6 is 27.3 Å². The lowest BCUT2D eigenvalue weighted by Crippen LogP contribution is -2.09. The lowest BCUT2D eigenvalue weighted by Gasteiger charge is -2.02. The smallest absolute Gasteiger partial charge is 0.296 e. The number of hydrogen-bond acceptors (Lipinski definition) is 4. The molecule has 0 spiro atoms. The molecule has 0 fully saturated rings. The number of hydrogen-bond donors (Lipinski definition) is 2. The first-order chi connectivity index (χ1) is 5.41. The van der Waals surface area contributed by atoms with Crippen molar-refractivity contribution in [3.63, 3.8) is 0 Å². The molecule has 0 amide bonds. The molecular formula is C5H5BrO4S2. The Morgan fingerprint density at radius 1 is 1.58 bits per heavy atom. The molecule has 0 aromatic carbocycles. The Bertz CT molecular complexity index is 369. The normalized spacial score (nSPS) is 14.6. The Balaban J connectivity index is 3.01. The molecule has 7 heteroatoms. The van der Waals surface area contributed by atoms with E-state index < -0.39 is 15.6 Å². The largest absolute Gasteiger partial charge is 0.371 e. The number of aliphatic hydroxyl groups is 1. The minimum atomic E-state index is -4.40. The van der Waals surface area contributed by atoms with E-state index in [-0.39, 0.29) is 5.56 Å². The average Bonchev–Trinajstić information content (AvgIpc) is 2.32. The van der Waals surface area contributed by atoms with Gasteiger partial charge in [-0.2, -0.15) is 8.42 Å². The van der Waals surface area contributed by atoms with Gasteiger partial charge in [0.05, 0.1) is 3.79 Å². The third-order valence-corrected chi connectivity index (χ3v) is 3.51. The Morgan fingerprint density at radius 3 is 2.50 bits per heavy atom. The van der Waals surface area contributed by atoms with E-state index in [1.54, 1.807) is 0 Å². The fourth-order valence-electron chi connectivity index (χ4n) is 0.625. The quantitative estimate of drug-likeness (QED) is 0.798. The summed E-state index contributed by atoms with van der Waals surface area (Å²) in [5, 5.41) is 10.5. The van der Waals surface area contributed by atoms with Crippen molar-refractivity contribution in [1.29, 1.82) is 0 Å². The van der Waals surface area contributed by atoms with Crippen molar-refractivity contribution >= 4 is 37.4 Å². The highest BCUT2D eigenvalue weighted by atomic mass is 79.9. The Kier molecular flexibility index (Phi) is 2.89.